The van der Waals surface area contributed by atoms with Gasteiger partial charge in [-0.2, -0.15) is 0 Å². The standard InChI is InChI=1S/C23H22ClN5O2S/c1-32(30,31)19-6-4-18(5-7-19)28-10-12-29(13-11-28)22-9-2-16(15-25-22)23-26-20-8-3-17(24)14-21(20)27-23/h2-9,14-15H,10-13H2,1H3,(H,26,27). The second-order valence-electron chi connectivity index (χ2n) is 7.89. The van der Waals surface area contributed by atoms with Crippen molar-refractivity contribution in [1.82, 2.24) is 15.0 Å². The number of hydrogen-bond donors (Lipinski definition) is 1. The van der Waals surface area contributed by atoms with Crippen molar-refractivity contribution in [2.24, 2.45) is 0 Å². The maximum absolute atomic E-state index is 11.7. The predicted octanol–water partition coefficient (Wildman–Crippen LogP) is 4.01. The minimum atomic E-state index is -3.18. The summed E-state index contributed by atoms with van der Waals surface area (Å²) in [6.07, 6.45) is 3.06. The first-order valence-electron chi connectivity index (χ1n) is 10.3. The molecular formula is C23H22ClN5O2S. The number of aromatic amines is 1. The third-order valence-electron chi connectivity index (χ3n) is 5.70. The molecule has 2 aromatic carbocycles. The number of hydrogen-bond acceptors (Lipinski definition) is 6. The van der Waals surface area contributed by atoms with Gasteiger partial charge in [0.05, 0.1) is 15.9 Å². The number of imidazole rings is 1. The van der Waals surface area contributed by atoms with Crippen molar-refractivity contribution in [2.45, 2.75) is 4.90 Å². The third kappa shape index (κ3) is 4.16. The number of pyridine rings is 1. The van der Waals surface area contributed by atoms with E-state index in [1.807, 2.05) is 48.7 Å². The predicted molar refractivity (Wildman–Crippen MR) is 128 cm³/mol. The molecule has 0 amide bonds. The smallest absolute Gasteiger partial charge is 0.175 e. The molecule has 0 spiro atoms. The molecule has 0 radical (unpaired) electrons. The summed E-state index contributed by atoms with van der Waals surface area (Å²) in [5.74, 6) is 1.70. The summed E-state index contributed by atoms with van der Waals surface area (Å²) in [4.78, 5) is 17.4. The van der Waals surface area contributed by atoms with Gasteiger partial charge in [0.2, 0.25) is 0 Å². The number of anilines is 2. The molecule has 1 fully saturated rings. The quantitative estimate of drug-likeness (QED) is 0.488. The van der Waals surface area contributed by atoms with Gasteiger partial charge in [-0.25, -0.2) is 18.4 Å². The fraction of sp³-hybridized carbons (Fsp3) is 0.217. The Morgan fingerprint density at radius 3 is 2.31 bits per heavy atom. The van der Waals surface area contributed by atoms with E-state index in [1.54, 1.807) is 12.1 Å². The second kappa shape index (κ2) is 8.11. The van der Waals surface area contributed by atoms with Gasteiger partial charge in [-0.1, -0.05) is 11.6 Å². The summed E-state index contributed by atoms with van der Waals surface area (Å²) < 4.78 is 23.3. The number of fused-ring (bicyclic) bond motifs is 1. The topological polar surface area (TPSA) is 82.2 Å². The van der Waals surface area contributed by atoms with Gasteiger partial charge in [0.25, 0.3) is 0 Å². The Kier molecular flexibility index (Phi) is 5.27. The molecule has 4 aromatic rings. The average molecular weight is 468 g/mol. The fourth-order valence-corrected chi connectivity index (χ4v) is 4.73. The van der Waals surface area contributed by atoms with Crippen LogP contribution in [-0.4, -0.2) is 55.8 Å². The van der Waals surface area contributed by atoms with Gasteiger partial charge in [0, 0.05) is 54.9 Å². The average Bonchev–Trinajstić information content (AvgIpc) is 3.22. The van der Waals surface area contributed by atoms with Crippen LogP contribution in [0.3, 0.4) is 0 Å². The van der Waals surface area contributed by atoms with Crippen LogP contribution >= 0.6 is 11.6 Å². The SMILES string of the molecule is CS(=O)(=O)c1ccc(N2CCN(c3ccc(-c4nc5ccc(Cl)cc5[nH]4)cn3)CC2)cc1. The lowest BCUT2D eigenvalue weighted by atomic mass is 10.2. The number of piperazine rings is 1. The molecule has 3 heterocycles. The van der Waals surface area contributed by atoms with Gasteiger partial charge in [-0.05, 0) is 54.6 Å². The first kappa shape index (κ1) is 20.8. The Labute approximate surface area is 191 Å². The zero-order valence-electron chi connectivity index (χ0n) is 17.5. The van der Waals surface area contributed by atoms with Crippen LogP contribution in [0.2, 0.25) is 5.02 Å². The van der Waals surface area contributed by atoms with Crippen LogP contribution in [0.1, 0.15) is 0 Å². The molecule has 2 aromatic heterocycles. The number of halogens is 1. The summed E-state index contributed by atoms with van der Waals surface area (Å²) >= 11 is 6.06. The summed E-state index contributed by atoms with van der Waals surface area (Å²) in [7, 11) is -3.18. The number of H-pyrrole nitrogens is 1. The zero-order valence-corrected chi connectivity index (χ0v) is 19.1. The van der Waals surface area contributed by atoms with E-state index in [0.29, 0.717) is 9.92 Å². The minimum absolute atomic E-state index is 0.344. The van der Waals surface area contributed by atoms with Gasteiger partial charge in [0.1, 0.15) is 11.6 Å². The normalized spacial score (nSPS) is 14.8. The molecule has 5 rings (SSSR count). The number of benzene rings is 2. The summed E-state index contributed by atoms with van der Waals surface area (Å²) in [5, 5.41) is 0.673. The zero-order chi connectivity index (χ0) is 22.3. The van der Waals surface area contributed by atoms with Gasteiger partial charge < -0.3 is 14.8 Å². The number of aromatic nitrogens is 3. The molecule has 164 valence electrons. The van der Waals surface area contributed by atoms with Gasteiger partial charge in [0.15, 0.2) is 9.84 Å². The monoisotopic (exact) mass is 467 g/mol. The molecule has 32 heavy (non-hydrogen) atoms. The van der Waals surface area contributed by atoms with E-state index >= 15 is 0 Å². The van der Waals surface area contributed by atoms with Gasteiger partial charge in [-0.3, -0.25) is 0 Å². The van der Waals surface area contributed by atoms with Crippen LogP contribution < -0.4 is 9.80 Å². The highest BCUT2D eigenvalue weighted by Gasteiger charge is 2.19. The van der Waals surface area contributed by atoms with Crippen molar-refractivity contribution in [3.05, 3.63) is 65.8 Å². The van der Waals surface area contributed by atoms with Crippen LogP contribution in [-0.2, 0) is 9.84 Å². The van der Waals surface area contributed by atoms with E-state index in [0.717, 1.165) is 60.1 Å². The molecular weight excluding hydrogens is 446 g/mol. The van der Waals surface area contributed by atoms with Crippen LogP contribution in [0.15, 0.2) is 65.7 Å². The number of nitrogens with one attached hydrogen (secondary N) is 1. The number of nitrogens with zero attached hydrogens (tertiary/aromatic N) is 4. The van der Waals surface area contributed by atoms with Crippen molar-refractivity contribution >= 4 is 44.0 Å². The van der Waals surface area contributed by atoms with E-state index in [1.165, 1.54) is 6.26 Å². The van der Waals surface area contributed by atoms with Crippen molar-refractivity contribution in [2.75, 3.05) is 42.2 Å². The second-order valence-corrected chi connectivity index (χ2v) is 10.3. The lowest BCUT2D eigenvalue weighted by Crippen LogP contribution is -2.46. The third-order valence-corrected chi connectivity index (χ3v) is 7.06. The Morgan fingerprint density at radius 2 is 1.66 bits per heavy atom. The van der Waals surface area contributed by atoms with E-state index in [9.17, 15) is 8.42 Å². The molecule has 0 aliphatic carbocycles. The van der Waals surface area contributed by atoms with Crippen molar-refractivity contribution in [3.63, 3.8) is 0 Å². The molecule has 0 saturated carbocycles. The largest absolute Gasteiger partial charge is 0.368 e. The highest BCUT2D eigenvalue weighted by Crippen LogP contribution is 2.25. The molecule has 1 aliphatic heterocycles. The van der Waals surface area contributed by atoms with Crippen molar-refractivity contribution in [3.8, 4) is 11.4 Å². The van der Waals surface area contributed by atoms with Crippen LogP contribution in [0.5, 0.6) is 0 Å². The summed E-state index contributed by atoms with van der Waals surface area (Å²) in [5.41, 5.74) is 3.72. The Balaban J connectivity index is 1.25. The maximum Gasteiger partial charge on any atom is 0.175 e. The highest BCUT2D eigenvalue weighted by molar-refractivity contribution is 7.90. The number of rotatable bonds is 4. The first-order valence-corrected chi connectivity index (χ1v) is 12.6. The lowest BCUT2D eigenvalue weighted by Gasteiger charge is -2.36. The molecule has 7 nitrogen and oxygen atoms in total. The molecule has 0 bridgehead atoms. The minimum Gasteiger partial charge on any atom is -0.368 e. The molecule has 9 heteroatoms. The van der Waals surface area contributed by atoms with E-state index < -0.39 is 9.84 Å². The Bertz CT molecular complexity index is 1360. The summed E-state index contributed by atoms with van der Waals surface area (Å²) in [6, 6.07) is 16.7. The maximum atomic E-state index is 11.7. The molecule has 1 saturated heterocycles. The van der Waals surface area contributed by atoms with E-state index in [4.69, 9.17) is 11.6 Å². The molecule has 0 unspecified atom stereocenters. The highest BCUT2D eigenvalue weighted by atomic mass is 35.5. The van der Waals surface area contributed by atoms with Crippen LogP contribution in [0.25, 0.3) is 22.4 Å². The van der Waals surface area contributed by atoms with E-state index in [-0.39, 0.29) is 0 Å². The Morgan fingerprint density at radius 1 is 0.938 bits per heavy atom. The molecule has 1 aliphatic rings. The van der Waals surface area contributed by atoms with Crippen molar-refractivity contribution < 1.29 is 8.42 Å². The Hall–Kier alpha value is -3.10. The fourth-order valence-electron chi connectivity index (χ4n) is 3.93. The van der Waals surface area contributed by atoms with Gasteiger partial charge >= 0.3 is 0 Å². The van der Waals surface area contributed by atoms with Crippen molar-refractivity contribution in [1.29, 1.82) is 0 Å². The molecule has 0 atom stereocenters. The summed E-state index contributed by atoms with van der Waals surface area (Å²) in [6.45, 7) is 3.35. The first-order chi connectivity index (χ1) is 15.4. The van der Waals surface area contributed by atoms with Crippen LogP contribution in [0, 0.1) is 0 Å². The number of sulfone groups is 1. The van der Waals surface area contributed by atoms with Gasteiger partial charge in [-0.15, -0.1) is 0 Å². The molecule has 1 N–H and O–H groups in total. The van der Waals surface area contributed by atoms with Crippen LogP contribution in [0.4, 0.5) is 11.5 Å². The van der Waals surface area contributed by atoms with E-state index in [2.05, 4.69) is 24.8 Å². The lowest BCUT2D eigenvalue weighted by molar-refractivity contribution is 0.602.